The van der Waals surface area contributed by atoms with E-state index in [1.807, 2.05) is 11.0 Å². The Kier molecular flexibility index (Phi) is 5.74. The first-order valence-electron chi connectivity index (χ1n) is 10.6. The van der Waals surface area contributed by atoms with Crippen molar-refractivity contribution in [1.29, 1.82) is 5.26 Å². The van der Waals surface area contributed by atoms with Crippen LogP contribution in [0.2, 0.25) is 0 Å². The molecule has 2 aliphatic rings. The van der Waals surface area contributed by atoms with Gasteiger partial charge in [0.05, 0.1) is 11.6 Å². The number of carbonyl (C=O) groups excluding carboxylic acids is 1. The van der Waals surface area contributed by atoms with Gasteiger partial charge in [-0.2, -0.15) is 5.26 Å². The summed E-state index contributed by atoms with van der Waals surface area (Å²) in [5, 5.41) is 12.6. The molecule has 0 saturated carbocycles. The predicted octanol–water partition coefficient (Wildman–Crippen LogP) is 4.39. The van der Waals surface area contributed by atoms with Crippen LogP contribution < -0.4 is 10.2 Å². The van der Waals surface area contributed by atoms with Crippen molar-refractivity contribution in [3.05, 3.63) is 53.2 Å². The molecule has 1 N–H and O–H groups in total. The fourth-order valence-corrected chi connectivity index (χ4v) is 4.71. The van der Waals surface area contributed by atoms with Gasteiger partial charge in [-0.25, -0.2) is 4.98 Å². The van der Waals surface area contributed by atoms with Gasteiger partial charge in [0, 0.05) is 44.0 Å². The molecule has 2 aromatic rings. The topological polar surface area (TPSA) is 78.2 Å². The number of aromatic nitrogens is 1. The predicted molar refractivity (Wildman–Crippen MR) is 116 cm³/mol. The lowest BCUT2D eigenvalue weighted by molar-refractivity contribution is -0.117. The van der Waals surface area contributed by atoms with E-state index in [2.05, 4.69) is 48.4 Å². The van der Waals surface area contributed by atoms with E-state index in [1.54, 1.807) is 19.2 Å². The molecule has 1 saturated heterocycles. The molecule has 0 aliphatic carbocycles. The Labute approximate surface area is 177 Å². The van der Waals surface area contributed by atoms with Gasteiger partial charge in [0.1, 0.15) is 11.9 Å². The SMILES string of the molecule is CC(=O)N1c2ccc(C3CCOCC3)cc2[C@H](Nc2ccc(C#N)cn2)[C@@H](C)[C@@H]1C. The lowest BCUT2D eigenvalue weighted by atomic mass is 9.80. The lowest BCUT2D eigenvalue weighted by Gasteiger charge is -2.44. The lowest BCUT2D eigenvalue weighted by Crippen LogP contribution is -2.48. The van der Waals surface area contributed by atoms with Crippen LogP contribution in [-0.2, 0) is 9.53 Å². The van der Waals surface area contributed by atoms with Gasteiger partial charge in [0.2, 0.25) is 5.91 Å². The smallest absolute Gasteiger partial charge is 0.224 e. The van der Waals surface area contributed by atoms with Crippen LogP contribution in [0.15, 0.2) is 36.5 Å². The second kappa shape index (κ2) is 8.45. The summed E-state index contributed by atoms with van der Waals surface area (Å²) >= 11 is 0. The highest BCUT2D eigenvalue weighted by atomic mass is 16.5. The van der Waals surface area contributed by atoms with E-state index in [4.69, 9.17) is 10.00 Å². The first-order chi connectivity index (χ1) is 14.5. The molecular formula is C24H28N4O2. The van der Waals surface area contributed by atoms with E-state index in [0.29, 0.717) is 11.5 Å². The highest BCUT2D eigenvalue weighted by Gasteiger charge is 2.38. The quantitative estimate of drug-likeness (QED) is 0.821. The van der Waals surface area contributed by atoms with E-state index in [1.165, 1.54) is 5.56 Å². The summed E-state index contributed by atoms with van der Waals surface area (Å²) in [6, 6.07) is 12.3. The van der Waals surface area contributed by atoms with Crippen LogP contribution in [0.5, 0.6) is 0 Å². The zero-order valence-electron chi connectivity index (χ0n) is 17.8. The molecule has 6 heteroatoms. The van der Waals surface area contributed by atoms with Crippen LogP contribution in [-0.4, -0.2) is 30.1 Å². The maximum absolute atomic E-state index is 12.5. The fraction of sp³-hybridized carbons (Fsp3) is 0.458. The van der Waals surface area contributed by atoms with Crippen molar-refractivity contribution >= 4 is 17.4 Å². The molecule has 1 fully saturated rings. The van der Waals surface area contributed by atoms with E-state index in [9.17, 15) is 4.79 Å². The van der Waals surface area contributed by atoms with Crippen molar-refractivity contribution in [2.24, 2.45) is 5.92 Å². The minimum Gasteiger partial charge on any atom is -0.381 e. The Bertz CT molecular complexity index is 960. The Morgan fingerprint density at radius 1 is 1.23 bits per heavy atom. The second-order valence-electron chi connectivity index (χ2n) is 8.36. The van der Waals surface area contributed by atoms with Gasteiger partial charge in [-0.1, -0.05) is 19.1 Å². The Morgan fingerprint density at radius 3 is 2.63 bits per heavy atom. The van der Waals surface area contributed by atoms with E-state index >= 15 is 0 Å². The number of ether oxygens (including phenoxy) is 1. The summed E-state index contributed by atoms with van der Waals surface area (Å²) in [6.07, 6.45) is 3.63. The van der Waals surface area contributed by atoms with Crippen molar-refractivity contribution in [2.45, 2.75) is 51.6 Å². The summed E-state index contributed by atoms with van der Waals surface area (Å²) in [7, 11) is 0. The zero-order valence-corrected chi connectivity index (χ0v) is 17.8. The minimum absolute atomic E-state index is 0.0193. The molecule has 0 unspecified atom stereocenters. The number of nitriles is 1. The molecule has 156 valence electrons. The number of rotatable bonds is 3. The van der Waals surface area contributed by atoms with Gasteiger partial charge in [0.15, 0.2) is 0 Å². The van der Waals surface area contributed by atoms with Crippen LogP contribution in [0, 0.1) is 17.2 Å². The Balaban J connectivity index is 1.74. The van der Waals surface area contributed by atoms with Crippen molar-refractivity contribution in [3.8, 4) is 6.07 Å². The number of amides is 1. The number of benzene rings is 1. The van der Waals surface area contributed by atoms with Gasteiger partial charge < -0.3 is 15.0 Å². The van der Waals surface area contributed by atoms with Gasteiger partial charge in [-0.05, 0) is 55.0 Å². The molecule has 0 spiro atoms. The Morgan fingerprint density at radius 2 is 2.00 bits per heavy atom. The number of hydrogen-bond donors (Lipinski definition) is 1. The van der Waals surface area contributed by atoms with Crippen LogP contribution >= 0.6 is 0 Å². The second-order valence-corrected chi connectivity index (χ2v) is 8.36. The standard InChI is InChI=1S/C24H28N4O2/c1-15-16(2)28(17(3)29)22-6-5-20(19-8-10-30-11-9-19)12-21(22)24(15)27-23-7-4-18(13-25)14-26-23/h4-7,12,14-16,19,24H,8-11H2,1-3H3,(H,26,27)/t15-,16-,24+/m0/s1. The molecular weight excluding hydrogens is 376 g/mol. The normalized spacial score (nSPS) is 24.1. The first-order valence-corrected chi connectivity index (χ1v) is 10.6. The summed E-state index contributed by atoms with van der Waals surface area (Å²) in [6.45, 7) is 7.50. The van der Waals surface area contributed by atoms with Gasteiger partial charge in [0.25, 0.3) is 0 Å². The molecule has 6 nitrogen and oxygen atoms in total. The molecule has 1 aromatic carbocycles. The van der Waals surface area contributed by atoms with Gasteiger partial charge in [-0.15, -0.1) is 0 Å². The number of nitrogens with one attached hydrogen (secondary N) is 1. The number of pyridine rings is 1. The van der Waals surface area contributed by atoms with Crippen LogP contribution in [0.3, 0.4) is 0 Å². The molecule has 3 heterocycles. The molecule has 0 radical (unpaired) electrons. The third kappa shape index (κ3) is 3.78. The summed E-state index contributed by atoms with van der Waals surface area (Å²) in [5.74, 6) is 1.46. The number of hydrogen-bond acceptors (Lipinski definition) is 5. The van der Waals surface area contributed by atoms with Crippen molar-refractivity contribution in [1.82, 2.24) is 4.98 Å². The van der Waals surface area contributed by atoms with Crippen LogP contribution in [0.25, 0.3) is 0 Å². The van der Waals surface area contributed by atoms with Crippen LogP contribution in [0.4, 0.5) is 11.5 Å². The van der Waals surface area contributed by atoms with E-state index in [-0.39, 0.29) is 23.9 Å². The minimum atomic E-state index is 0.0193. The molecule has 4 rings (SSSR count). The number of nitrogens with zero attached hydrogens (tertiary/aromatic N) is 3. The average Bonchev–Trinajstić information content (AvgIpc) is 2.77. The Hall–Kier alpha value is -2.91. The molecule has 1 amide bonds. The molecule has 30 heavy (non-hydrogen) atoms. The maximum atomic E-state index is 12.5. The number of anilines is 2. The summed E-state index contributed by atoms with van der Waals surface area (Å²) < 4.78 is 5.54. The number of carbonyl (C=O) groups is 1. The summed E-state index contributed by atoms with van der Waals surface area (Å²) in [5.41, 5.74) is 3.94. The van der Waals surface area contributed by atoms with E-state index < -0.39 is 0 Å². The molecule has 3 atom stereocenters. The van der Waals surface area contributed by atoms with Crippen molar-refractivity contribution in [3.63, 3.8) is 0 Å². The molecule has 1 aromatic heterocycles. The third-order valence-corrected chi connectivity index (χ3v) is 6.57. The molecule has 2 aliphatic heterocycles. The van der Waals surface area contributed by atoms with E-state index in [0.717, 1.165) is 43.1 Å². The largest absolute Gasteiger partial charge is 0.381 e. The third-order valence-electron chi connectivity index (χ3n) is 6.57. The van der Waals surface area contributed by atoms with Crippen molar-refractivity contribution in [2.75, 3.05) is 23.4 Å². The van der Waals surface area contributed by atoms with Gasteiger partial charge >= 0.3 is 0 Å². The zero-order chi connectivity index (χ0) is 21.3. The van der Waals surface area contributed by atoms with Crippen molar-refractivity contribution < 1.29 is 9.53 Å². The molecule has 0 bridgehead atoms. The maximum Gasteiger partial charge on any atom is 0.224 e. The highest BCUT2D eigenvalue weighted by molar-refractivity contribution is 5.94. The monoisotopic (exact) mass is 404 g/mol. The first kappa shape index (κ1) is 20.4. The number of fused-ring (bicyclic) bond motifs is 1. The summed E-state index contributed by atoms with van der Waals surface area (Å²) in [4.78, 5) is 18.8. The van der Waals surface area contributed by atoms with Gasteiger partial charge in [-0.3, -0.25) is 4.79 Å². The highest BCUT2D eigenvalue weighted by Crippen LogP contribution is 2.44. The average molecular weight is 405 g/mol. The van der Waals surface area contributed by atoms with Crippen LogP contribution in [0.1, 0.15) is 62.3 Å². The fourth-order valence-electron chi connectivity index (χ4n) is 4.71.